The van der Waals surface area contributed by atoms with Crippen LogP contribution in [0.15, 0.2) is 43.8 Å². The summed E-state index contributed by atoms with van der Waals surface area (Å²) in [4.78, 5) is 12.9. The van der Waals surface area contributed by atoms with Crippen molar-refractivity contribution in [1.29, 1.82) is 0 Å². The van der Waals surface area contributed by atoms with Gasteiger partial charge in [0.1, 0.15) is 0 Å². The summed E-state index contributed by atoms with van der Waals surface area (Å²) >= 11 is 4.80. The van der Waals surface area contributed by atoms with Crippen molar-refractivity contribution in [3.8, 4) is 0 Å². The van der Waals surface area contributed by atoms with E-state index in [0.717, 1.165) is 16.5 Å². The molecule has 136 valence electrons. The predicted octanol–water partition coefficient (Wildman–Crippen LogP) is 5.21. The lowest BCUT2D eigenvalue weighted by atomic mass is 9.70. The second-order valence-corrected chi connectivity index (χ2v) is 10.0. The molecule has 2 saturated carbocycles. The third kappa shape index (κ3) is 2.87. The molecule has 2 aliphatic carbocycles. The van der Waals surface area contributed by atoms with Crippen LogP contribution in [0.25, 0.3) is 6.08 Å². The first-order chi connectivity index (χ1) is 12.3. The number of nitrogens with zero attached hydrogens (tertiary/aromatic N) is 2. The number of thioether (sulfide) groups is 1. The smallest absolute Gasteiger partial charge is 0.264 e. The van der Waals surface area contributed by atoms with E-state index in [4.69, 9.17) is 0 Å². The molecular weight excluding hydrogens is 410 g/mol. The van der Waals surface area contributed by atoms with Crippen molar-refractivity contribution in [3.05, 3.63) is 39.2 Å². The molecule has 1 aromatic rings. The van der Waals surface area contributed by atoms with Gasteiger partial charge in [0.25, 0.3) is 5.91 Å². The van der Waals surface area contributed by atoms with Gasteiger partial charge in [-0.05, 0) is 66.1 Å². The summed E-state index contributed by atoms with van der Waals surface area (Å²) < 4.78 is 0.989. The van der Waals surface area contributed by atoms with Gasteiger partial charge < -0.3 is 0 Å². The van der Waals surface area contributed by atoms with Crippen LogP contribution in [0, 0.1) is 16.7 Å². The van der Waals surface area contributed by atoms with E-state index >= 15 is 0 Å². The Labute approximate surface area is 166 Å². The van der Waals surface area contributed by atoms with Crippen LogP contribution in [0.5, 0.6) is 0 Å². The molecule has 1 saturated heterocycles. The number of rotatable bonds is 2. The summed E-state index contributed by atoms with van der Waals surface area (Å²) in [6.45, 7) is 7.02. The number of hydrogen-bond donors (Lipinski definition) is 1. The lowest BCUT2D eigenvalue weighted by molar-refractivity contribution is -0.115. The summed E-state index contributed by atoms with van der Waals surface area (Å²) in [6, 6.07) is 7.87. The second-order valence-electron chi connectivity index (χ2n) is 8.07. The molecule has 0 radical (unpaired) electrons. The molecule has 0 spiro atoms. The Morgan fingerprint density at radius 1 is 1.31 bits per heavy atom. The summed E-state index contributed by atoms with van der Waals surface area (Å²) in [5, 5.41) is 12.3. The summed E-state index contributed by atoms with van der Waals surface area (Å²) in [5.74, 6) is 0.581. The van der Waals surface area contributed by atoms with E-state index < -0.39 is 0 Å². The third-order valence-corrected chi connectivity index (χ3v) is 7.96. The zero-order chi connectivity index (χ0) is 18.5. The van der Waals surface area contributed by atoms with Crippen LogP contribution in [-0.4, -0.2) is 16.8 Å². The van der Waals surface area contributed by atoms with Crippen molar-refractivity contribution in [1.82, 2.24) is 5.32 Å². The summed E-state index contributed by atoms with van der Waals surface area (Å²) in [5.41, 5.74) is 2.57. The molecule has 3 fully saturated rings. The SMILES string of the molecule is CC1(C)[C@@H]2CC[C@@]1(C)/C(=N\N=C1/NC(=O)/C(=C\c3cccc(Br)c3)S1)C2. The first-order valence-electron chi connectivity index (χ1n) is 8.91. The highest BCUT2D eigenvalue weighted by Crippen LogP contribution is 2.64. The number of hydrogen-bond acceptors (Lipinski definition) is 4. The molecular formula is C20H22BrN3OS. The number of carbonyl (C=O) groups is 1. The van der Waals surface area contributed by atoms with Crippen molar-refractivity contribution >= 4 is 50.6 Å². The molecule has 1 heterocycles. The van der Waals surface area contributed by atoms with Crippen LogP contribution >= 0.6 is 27.7 Å². The maximum Gasteiger partial charge on any atom is 0.264 e. The minimum absolute atomic E-state index is 0.117. The molecule has 2 bridgehead atoms. The van der Waals surface area contributed by atoms with E-state index in [1.54, 1.807) is 0 Å². The zero-order valence-corrected chi connectivity index (χ0v) is 17.6. The molecule has 6 heteroatoms. The first kappa shape index (κ1) is 18.0. The number of benzene rings is 1. The van der Waals surface area contributed by atoms with Crippen molar-refractivity contribution in [2.75, 3.05) is 0 Å². The van der Waals surface area contributed by atoms with E-state index in [0.29, 0.717) is 16.0 Å². The topological polar surface area (TPSA) is 53.8 Å². The van der Waals surface area contributed by atoms with Crippen LogP contribution < -0.4 is 5.32 Å². The second kappa shape index (κ2) is 6.34. The van der Waals surface area contributed by atoms with Crippen LogP contribution in [-0.2, 0) is 4.79 Å². The number of amides is 1. The standard InChI is InChI=1S/C20H22BrN3OS/c1-19(2)13-7-8-20(19,3)16(11-13)23-24-18-22-17(25)15(26-18)10-12-5-4-6-14(21)9-12/h4-6,9-10,13H,7-8,11H2,1-3H3,(H,22,24,25)/b15-10+,23-16-/t13-,20+/m1/s1. The zero-order valence-electron chi connectivity index (χ0n) is 15.2. The first-order valence-corrected chi connectivity index (χ1v) is 10.5. The van der Waals surface area contributed by atoms with Gasteiger partial charge in [-0.1, -0.05) is 48.8 Å². The minimum Gasteiger partial charge on any atom is -0.299 e. The predicted molar refractivity (Wildman–Crippen MR) is 112 cm³/mol. The average Bonchev–Trinajstić information content (AvgIpc) is 3.10. The number of amidine groups is 1. The van der Waals surface area contributed by atoms with Gasteiger partial charge in [-0.15, -0.1) is 5.10 Å². The van der Waals surface area contributed by atoms with Crippen molar-refractivity contribution in [3.63, 3.8) is 0 Å². The molecule has 26 heavy (non-hydrogen) atoms. The molecule has 1 aromatic carbocycles. The maximum atomic E-state index is 12.2. The Morgan fingerprint density at radius 2 is 2.12 bits per heavy atom. The fourth-order valence-corrected chi connectivity index (χ4v) is 5.60. The third-order valence-electron chi connectivity index (χ3n) is 6.57. The molecule has 1 aliphatic heterocycles. The van der Waals surface area contributed by atoms with Crippen LogP contribution in [0.1, 0.15) is 45.6 Å². The van der Waals surface area contributed by atoms with Crippen molar-refractivity contribution in [2.24, 2.45) is 27.0 Å². The van der Waals surface area contributed by atoms with E-state index in [2.05, 4.69) is 52.2 Å². The van der Waals surface area contributed by atoms with Gasteiger partial charge in [-0.25, -0.2) is 0 Å². The molecule has 1 N–H and O–H groups in total. The number of nitrogens with one attached hydrogen (secondary N) is 1. The van der Waals surface area contributed by atoms with Gasteiger partial charge in [0.15, 0.2) is 5.17 Å². The van der Waals surface area contributed by atoms with Gasteiger partial charge in [0.05, 0.1) is 4.91 Å². The van der Waals surface area contributed by atoms with Gasteiger partial charge in [0.2, 0.25) is 0 Å². The Balaban J connectivity index is 1.55. The molecule has 4 rings (SSSR count). The van der Waals surface area contributed by atoms with Crippen LogP contribution in [0.2, 0.25) is 0 Å². The molecule has 2 atom stereocenters. The Bertz CT molecular complexity index is 874. The Morgan fingerprint density at radius 3 is 2.77 bits per heavy atom. The lowest BCUT2D eigenvalue weighted by Gasteiger charge is -2.34. The van der Waals surface area contributed by atoms with Crippen molar-refractivity contribution in [2.45, 2.75) is 40.0 Å². The molecule has 4 nitrogen and oxygen atoms in total. The van der Waals surface area contributed by atoms with E-state index in [9.17, 15) is 4.79 Å². The van der Waals surface area contributed by atoms with E-state index in [1.807, 2.05) is 30.3 Å². The maximum absolute atomic E-state index is 12.2. The number of carbonyl (C=O) groups excluding carboxylic acids is 1. The summed E-state index contributed by atoms with van der Waals surface area (Å²) in [7, 11) is 0. The average molecular weight is 432 g/mol. The van der Waals surface area contributed by atoms with Gasteiger partial charge in [0, 0.05) is 15.6 Å². The van der Waals surface area contributed by atoms with Gasteiger partial charge >= 0.3 is 0 Å². The molecule has 3 aliphatic rings. The highest BCUT2D eigenvalue weighted by molar-refractivity contribution is 9.10. The number of fused-ring (bicyclic) bond motifs is 2. The van der Waals surface area contributed by atoms with Gasteiger partial charge in [-0.2, -0.15) is 5.10 Å². The fourth-order valence-electron chi connectivity index (χ4n) is 4.41. The Hall–Kier alpha value is -1.40. The molecule has 0 unspecified atom stereocenters. The highest BCUT2D eigenvalue weighted by Gasteiger charge is 2.60. The number of halogens is 1. The van der Waals surface area contributed by atoms with Crippen molar-refractivity contribution < 1.29 is 4.79 Å². The highest BCUT2D eigenvalue weighted by atomic mass is 79.9. The normalized spacial score (nSPS) is 34.2. The minimum atomic E-state index is -0.117. The van der Waals surface area contributed by atoms with Gasteiger partial charge in [-0.3, -0.25) is 10.1 Å². The van der Waals surface area contributed by atoms with E-state index in [-0.39, 0.29) is 16.7 Å². The van der Waals surface area contributed by atoms with Crippen LogP contribution in [0.4, 0.5) is 0 Å². The van der Waals surface area contributed by atoms with E-state index in [1.165, 1.54) is 30.3 Å². The monoisotopic (exact) mass is 431 g/mol. The lowest BCUT2D eigenvalue weighted by Crippen LogP contribution is -2.32. The largest absolute Gasteiger partial charge is 0.299 e. The van der Waals surface area contributed by atoms with Crippen LogP contribution in [0.3, 0.4) is 0 Å². The Kier molecular flexibility index (Phi) is 4.39. The summed E-state index contributed by atoms with van der Waals surface area (Å²) in [6.07, 6.45) is 5.37. The molecule has 1 amide bonds. The fraction of sp³-hybridized carbons (Fsp3) is 0.450. The quantitative estimate of drug-likeness (QED) is 0.515. The molecule has 0 aromatic heterocycles.